The van der Waals surface area contributed by atoms with Gasteiger partial charge in [0.1, 0.15) is 31.2 Å². The minimum atomic E-state index is -0.848. The number of aryl methyl sites for hydroxylation is 1. The molecule has 220 valence electrons. The van der Waals surface area contributed by atoms with E-state index in [4.69, 9.17) is 14.2 Å². The predicted octanol–water partition coefficient (Wildman–Crippen LogP) is 3.02. The van der Waals surface area contributed by atoms with Crippen LogP contribution in [0.4, 0.5) is 0 Å². The largest absolute Gasteiger partial charge is 0.507 e. The van der Waals surface area contributed by atoms with E-state index in [2.05, 4.69) is 0 Å². The molecule has 9 heteroatoms. The Morgan fingerprint density at radius 1 is 1.02 bits per heavy atom. The molecule has 2 aliphatic rings. The van der Waals surface area contributed by atoms with Crippen molar-refractivity contribution in [3.8, 4) is 17.2 Å². The van der Waals surface area contributed by atoms with Gasteiger partial charge < -0.3 is 34.2 Å². The number of quaternary nitrogens is 1. The number of nitrogens with one attached hydrogen (secondary N) is 1. The van der Waals surface area contributed by atoms with Crippen LogP contribution in [0.3, 0.4) is 0 Å². The number of ketones is 1. The summed E-state index contributed by atoms with van der Waals surface area (Å²) in [7, 11) is 0. The second-order valence-corrected chi connectivity index (χ2v) is 10.5. The molecule has 0 spiro atoms. The lowest BCUT2D eigenvalue weighted by atomic mass is 9.93. The maximum absolute atomic E-state index is 13.5. The van der Waals surface area contributed by atoms with E-state index in [1.807, 2.05) is 37.3 Å². The zero-order chi connectivity index (χ0) is 29.6. The Hall–Kier alpha value is -4.34. The third-order valence-corrected chi connectivity index (χ3v) is 7.75. The fraction of sp³-hybridized carbons (Fsp3) is 0.333. The Bertz CT molecular complexity index is 1460. The first-order valence-corrected chi connectivity index (χ1v) is 14.3. The fourth-order valence-corrected chi connectivity index (χ4v) is 5.50. The van der Waals surface area contributed by atoms with Crippen molar-refractivity contribution in [2.75, 3.05) is 46.0 Å². The van der Waals surface area contributed by atoms with E-state index < -0.39 is 17.7 Å². The van der Waals surface area contributed by atoms with Gasteiger partial charge in [0.25, 0.3) is 11.7 Å². The molecular weight excluding hydrogens is 536 g/mol. The van der Waals surface area contributed by atoms with Crippen LogP contribution in [-0.4, -0.2) is 72.8 Å². The molecular formula is C33H37N2O7+. The van der Waals surface area contributed by atoms with Crippen LogP contribution in [0.25, 0.3) is 5.76 Å². The molecule has 2 saturated heterocycles. The van der Waals surface area contributed by atoms with Crippen LogP contribution in [0, 0.1) is 6.92 Å². The minimum absolute atomic E-state index is 0.00571. The Labute approximate surface area is 245 Å². The third-order valence-electron chi connectivity index (χ3n) is 7.75. The second-order valence-electron chi connectivity index (χ2n) is 10.5. The number of rotatable bonds is 10. The van der Waals surface area contributed by atoms with Gasteiger partial charge in [0.2, 0.25) is 0 Å². The van der Waals surface area contributed by atoms with E-state index in [0.717, 1.165) is 18.7 Å². The van der Waals surface area contributed by atoms with E-state index in [1.54, 1.807) is 37.3 Å². The van der Waals surface area contributed by atoms with Gasteiger partial charge >= 0.3 is 0 Å². The smallest absolute Gasteiger partial charge is 0.295 e. The van der Waals surface area contributed by atoms with Crippen LogP contribution >= 0.6 is 0 Å². The molecule has 0 unspecified atom stereocenters. The fourth-order valence-electron chi connectivity index (χ4n) is 5.50. The predicted molar refractivity (Wildman–Crippen MR) is 157 cm³/mol. The first kappa shape index (κ1) is 29.2. The molecule has 0 saturated carbocycles. The molecule has 2 heterocycles. The minimum Gasteiger partial charge on any atom is -0.507 e. The number of morpholine rings is 1. The summed E-state index contributed by atoms with van der Waals surface area (Å²) in [6.45, 7) is 8.24. The lowest BCUT2D eigenvalue weighted by Gasteiger charge is -2.29. The summed E-state index contributed by atoms with van der Waals surface area (Å²) in [5.41, 5.74) is 2.73. The van der Waals surface area contributed by atoms with Crippen molar-refractivity contribution in [2.24, 2.45) is 0 Å². The second kappa shape index (κ2) is 13.1. The first-order valence-electron chi connectivity index (χ1n) is 14.3. The van der Waals surface area contributed by atoms with Gasteiger partial charge in [-0.05, 0) is 60.9 Å². The molecule has 5 rings (SSSR count). The number of amides is 1. The molecule has 1 amide bonds. The number of carbonyl (C=O) groups excluding carboxylic acids is 2. The monoisotopic (exact) mass is 573 g/mol. The highest BCUT2D eigenvalue weighted by Crippen LogP contribution is 2.42. The molecule has 2 fully saturated rings. The highest BCUT2D eigenvalue weighted by Gasteiger charge is 2.46. The topological polar surface area (TPSA) is 110 Å². The summed E-state index contributed by atoms with van der Waals surface area (Å²) in [4.78, 5) is 29.8. The maximum atomic E-state index is 13.5. The van der Waals surface area contributed by atoms with Crippen LogP contribution < -0.4 is 14.4 Å². The summed E-state index contributed by atoms with van der Waals surface area (Å²) >= 11 is 0. The molecule has 9 nitrogen and oxygen atoms in total. The number of carbonyl (C=O) groups is 2. The van der Waals surface area contributed by atoms with E-state index in [0.29, 0.717) is 62.0 Å². The molecule has 0 aliphatic carbocycles. The normalized spacial score (nSPS) is 18.8. The molecule has 0 bridgehead atoms. The molecule has 3 aromatic carbocycles. The Balaban J connectivity index is 1.49. The molecule has 1 atom stereocenters. The number of aliphatic hydroxyl groups is 1. The summed E-state index contributed by atoms with van der Waals surface area (Å²) in [6, 6.07) is 19.0. The molecule has 42 heavy (non-hydrogen) atoms. The lowest BCUT2D eigenvalue weighted by molar-refractivity contribution is -0.907. The van der Waals surface area contributed by atoms with Gasteiger partial charge in [-0.3, -0.25) is 9.59 Å². The van der Waals surface area contributed by atoms with Gasteiger partial charge in [-0.15, -0.1) is 0 Å². The van der Waals surface area contributed by atoms with Gasteiger partial charge in [0, 0.05) is 5.56 Å². The summed E-state index contributed by atoms with van der Waals surface area (Å²) in [6.07, 6.45) is 0. The van der Waals surface area contributed by atoms with Gasteiger partial charge in [-0.25, -0.2) is 0 Å². The Morgan fingerprint density at radius 2 is 1.79 bits per heavy atom. The van der Waals surface area contributed by atoms with Crippen LogP contribution in [0.5, 0.6) is 17.2 Å². The first-order chi connectivity index (χ1) is 20.4. The zero-order valence-corrected chi connectivity index (χ0v) is 24.0. The van der Waals surface area contributed by atoms with E-state index in [1.165, 1.54) is 15.9 Å². The van der Waals surface area contributed by atoms with Crippen molar-refractivity contribution in [1.29, 1.82) is 0 Å². The Kier molecular flexibility index (Phi) is 9.09. The van der Waals surface area contributed by atoms with Gasteiger partial charge in [-0.1, -0.05) is 36.4 Å². The van der Waals surface area contributed by atoms with Crippen molar-refractivity contribution in [1.82, 2.24) is 4.90 Å². The quantitative estimate of drug-likeness (QED) is 0.194. The third kappa shape index (κ3) is 6.27. The average Bonchev–Trinajstić information content (AvgIpc) is 3.26. The van der Waals surface area contributed by atoms with Crippen molar-refractivity contribution < 1.29 is 38.9 Å². The van der Waals surface area contributed by atoms with Gasteiger partial charge in [0.15, 0.2) is 11.5 Å². The van der Waals surface area contributed by atoms with Gasteiger partial charge in [-0.2, -0.15) is 0 Å². The van der Waals surface area contributed by atoms with E-state index in [-0.39, 0.29) is 22.8 Å². The Morgan fingerprint density at radius 3 is 2.50 bits per heavy atom. The average molecular weight is 574 g/mol. The number of hydrogen-bond acceptors (Lipinski definition) is 7. The molecule has 0 aromatic heterocycles. The highest BCUT2D eigenvalue weighted by molar-refractivity contribution is 6.46. The van der Waals surface area contributed by atoms with Crippen molar-refractivity contribution in [3.05, 3.63) is 94.6 Å². The van der Waals surface area contributed by atoms with Crippen LogP contribution in [-0.2, 0) is 20.9 Å². The summed E-state index contributed by atoms with van der Waals surface area (Å²) in [5.74, 6) is -0.839. The molecule has 3 N–H and O–H groups in total. The number of benzene rings is 3. The maximum Gasteiger partial charge on any atom is 0.295 e. The highest BCUT2D eigenvalue weighted by atomic mass is 16.5. The molecule has 0 radical (unpaired) electrons. The number of likely N-dealkylation sites (tertiary alicyclic amines) is 1. The summed E-state index contributed by atoms with van der Waals surface area (Å²) in [5, 5.41) is 21.9. The van der Waals surface area contributed by atoms with Crippen LogP contribution in [0.15, 0.2) is 72.3 Å². The number of Topliss-reactive ketones (excluding diaryl/α,β-unsaturated/α-hetero) is 1. The number of aliphatic hydroxyl groups excluding tert-OH is 1. The number of ether oxygens (including phenoxy) is 3. The van der Waals surface area contributed by atoms with Crippen LogP contribution in [0.1, 0.15) is 35.2 Å². The van der Waals surface area contributed by atoms with Crippen molar-refractivity contribution in [3.63, 3.8) is 0 Å². The van der Waals surface area contributed by atoms with Crippen molar-refractivity contribution in [2.45, 2.75) is 26.5 Å². The van der Waals surface area contributed by atoms with Gasteiger partial charge in [0.05, 0.1) is 44.5 Å². The molecule has 2 aliphatic heterocycles. The van der Waals surface area contributed by atoms with Crippen molar-refractivity contribution >= 4 is 17.4 Å². The number of phenols is 1. The number of hydrogen-bond donors (Lipinski definition) is 3. The number of aromatic hydroxyl groups is 1. The van der Waals surface area contributed by atoms with E-state index >= 15 is 0 Å². The number of phenolic OH excluding ortho intramolecular Hbond substituents is 1. The lowest BCUT2D eigenvalue weighted by Crippen LogP contribution is -3.14. The molecule has 3 aromatic rings. The number of nitrogens with zero attached hydrogens (tertiary/aromatic N) is 1. The standard InChI is InChI=1S/C33H36N2O7/c1-3-41-28-20-24(9-12-27(28)36)30-29(32(38)33(39)35(30)14-13-34-15-17-40-18-16-34)31(37)26-11-10-25(19-22(26)2)42-21-23-7-5-4-6-8-23/h4-12,19-20,30,36-37H,3,13-18,21H2,1-2H3/p+1/t30-/m0/s1. The van der Waals surface area contributed by atoms with Crippen LogP contribution in [0.2, 0.25) is 0 Å². The zero-order valence-electron chi connectivity index (χ0n) is 24.0. The summed E-state index contributed by atoms with van der Waals surface area (Å²) < 4.78 is 17.0. The van der Waals surface area contributed by atoms with E-state index in [9.17, 15) is 19.8 Å². The SMILES string of the molecule is CCOc1cc([C@H]2C(=C(O)c3ccc(OCc4ccccc4)cc3C)C(=O)C(=O)N2CC[NH+]2CCOCC2)ccc1O.